The van der Waals surface area contributed by atoms with Crippen molar-refractivity contribution in [2.45, 2.75) is 31.5 Å². The minimum Gasteiger partial charge on any atom is -0.467 e. The zero-order valence-corrected chi connectivity index (χ0v) is 22.3. The summed E-state index contributed by atoms with van der Waals surface area (Å²) >= 11 is 0. The van der Waals surface area contributed by atoms with Crippen LogP contribution in [0.5, 0.6) is 0 Å². The lowest BCUT2D eigenvalue weighted by atomic mass is 10.00. The Kier molecular flexibility index (Phi) is 10.0. The van der Waals surface area contributed by atoms with Crippen LogP contribution in [-0.2, 0) is 38.5 Å². The molecule has 2 amide bonds. The van der Waals surface area contributed by atoms with Gasteiger partial charge >= 0.3 is 12.1 Å². The second-order valence-electron chi connectivity index (χ2n) is 9.30. The fraction of sp³-hybridized carbons (Fsp3) is 0.182. The summed E-state index contributed by atoms with van der Waals surface area (Å²) in [6.07, 6.45) is -0.289. The largest absolute Gasteiger partial charge is 0.467 e. The summed E-state index contributed by atoms with van der Waals surface area (Å²) in [6.45, 7) is 0.0656. The molecule has 7 heteroatoms. The summed E-state index contributed by atoms with van der Waals surface area (Å²) in [7, 11) is 1.28. The maximum absolute atomic E-state index is 13.4. The van der Waals surface area contributed by atoms with E-state index in [9.17, 15) is 14.4 Å². The molecule has 204 valence electrons. The molecular weight excluding hydrogens is 504 g/mol. The van der Waals surface area contributed by atoms with Crippen LogP contribution >= 0.6 is 0 Å². The van der Waals surface area contributed by atoms with Gasteiger partial charge in [0.15, 0.2) is 0 Å². The highest BCUT2D eigenvalue weighted by Gasteiger charge is 2.28. The van der Waals surface area contributed by atoms with Crippen molar-refractivity contribution in [2.75, 3.05) is 7.11 Å². The van der Waals surface area contributed by atoms with E-state index in [-0.39, 0.29) is 19.4 Å². The summed E-state index contributed by atoms with van der Waals surface area (Å²) < 4.78 is 10.3. The molecule has 4 aromatic rings. The molecule has 0 bridgehead atoms. The van der Waals surface area contributed by atoms with Crippen molar-refractivity contribution in [1.29, 1.82) is 0 Å². The number of ether oxygens (including phenoxy) is 2. The monoisotopic (exact) mass is 536 g/mol. The van der Waals surface area contributed by atoms with E-state index in [2.05, 4.69) is 10.6 Å². The topological polar surface area (TPSA) is 93.7 Å². The number of methoxy groups -OCH3 is 1. The lowest BCUT2D eigenvalue weighted by Gasteiger charge is -2.22. The van der Waals surface area contributed by atoms with Gasteiger partial charge in [0.05, 0.1) is 7.11 Å². The van der Waals surface area contributed by atoms with Gasteiger partial charge in [-0.1, -0.05) is 115 Å². The minimum atomic E-state index is -0.974. The van der Waals surface area contributed by atoms with Crippen molar-refractivity contribution in [3.8, 4) is 11.1 Å². The molecule has 0 heterocycles. The number of carbonyl (C=O) groups is 3. The first-order valence-corrected chi connectivity index (χ1v) is 13.1. The molecule has 0 aliphatic rings. The normalized spacial score (nSPS) is 12.0. The van der Waals surface area contributed by atoms with E-state index >= 15 is 0 Å². The molecule has 4 aromatic carbocycles. The number of nitrogens with one attached hydrogen (secondary N) is 2. The summed E-state index contributed by atoms with van der Waals surface area (Å²) in [5.41, 5.74) is 4.65. The predicted octanol–water partition coefficient (Wildman–Crippen LogP) is 5.09. The van der Waals surface area contributed by atoms with Gasteiger partial charge in [0.1, 0.15) is 18.7 Å². The van der Waals surface area contributed by atoms with Gasteiger partial charge in [0, 0.05) is 12.8 Å². The third kappa shape index (κ3) is 8.30. The molecular formula is C33H32N2O5. The summed E-state index contributed by atoms with van der Waals surface area (Å²) in [5.74, 6) is -1.09. The van der Waals surface area contributed by atoms with Gasteiger partial charge in [-0.15, -0.1) is 0 Å². The molecule has 0 unspecified atom stereocenters. The Labute approximate surface area is 234 Å². The molecule has 40 heavy (non-hydrogen) atoms. The van der Waals surface area contributed by atoms with E-state index in [4.69, 9.17) is 9.47 Å². The van der Waals surface area contributed by atoms with Gasteiger partial charge < -0.3 is 20.1 Å². The maximum atomic E-state index is 13.4. The zero-order valence-electron chi connectivity index (χ0n) is 22.3. The van der Waals surface area contributed by atoms with E-state index < -0.39 is 30.1 Å². The molecule has 4 rings (SSSR count). The predicted molar refractivity (Wildman–Crippen MR) is 153 cm³/mol. The first kappa shape index (κ1) is 28.1. The Morgan fingerprint density at radius 2 is 1.10 bits per heavy atom. The van der Waals surface area contributed by atoms with Crippen molar-refractivity contribution in [1.82, 2.24) is 10.6 Å². The summed E-state index contributed by atoms with van der Waals surface area (Å²) in [4.78, 5) is 38.7. The summed E-state index contributed by atoms with van der Waals surface area (Å²) in [5, 5.41) is 5.44. The van der Waals surface area contributed by atoms with Crippen LogP contribution in [-0.4, -0.2) is 37.2 Å². The van der Waals surface area contributed by atoms with Crippen LogP contribution < -0.4 is 10.6 Å². The lowest BCUT2D eigenvalue weighted by molar-refractivity contribution is -0.145. The van der Waals surface area contributed by atoms with E-state index in [1.807, 2.05) is 115 Å². The van der Waals surface area contributed by atoms with Gasteiger partial charge in [-0.3, -0.25) is 4.79 Å². The highest BCUT2D eigenvalue weighted by molar-refractivity contribution is 5.90. The molecule has 2 atom stereocenters. The van der Waals surface area contributed by atoms with E-state index in [1.54, 1.807) is 0 Å². The first-order valence-electron chi connectivity index (χ1n) is 13.1. The van der Waals surface area contributed by atoms with Crippen molar-refractivity contribution in [3.63, 3.8) is 0 Å². The number of carbonyl (C=O) groups excluding carboxylic acids is 3. The first-order chi connectivity index (χ1) is 19.5. The molecule has 0 fully saturated rings. The quantitative estimate of drug-likeness (QED) is 0.261. The molecule has 0 aliphatic heterocycles. The highest BCUT2D eigenvalue weighted by atomic mass is 16.5. The molecule has 7 nitrogen and oxygen atoms in total. The zero-order chi connectivity index (χ0) is 28.2. The van der Waals surface area contributed by atoms with Gasteiger partial charge in [0.25, 0.3) is 0 Å². The van der Waals surface area contributed by atoms with Crippen molar-refractivity contribution >= 4 is 18.0 Å². The lowest BCUT2D eigenvalue weighted by Crippen LogP contribution is -2.53. The maximum Gasteiger partial charge on any atom is 0.408 e. The Hall–Kier alpha value is -4.91. The van der Waals surface area contributed by atoms with Crippen molar-refractivity contribution < 1.29 is 23.9 Å². The van der Waals surface area contributed by atoms with Crippen LogP contribution in [0.1, 0.15) is 16.7 Å². The molecule has 0 saturated carbocycles. The SMILES string of the molecule is COC(=O)[C@H](Cc1ccc(-c2ccccc2)cc1)NC(=O)[C@@H](Cc1ccccc1)NC(=O)OCc1ccccc1. The summed E-state index contributed by atoms with van der Waals surface area (Å²) in [6, 6.07) is 34.4. The van der Waals surface area contributed by atoms with Crippen LogP contribution in [0.15, 0.2) is 115 Å². The van der Waals surface area contributed by atoms with E-state index in [0.717, 1.165) is 27.8 Å². The Bertz CT molecular complexity index is 1380. The minimum absolute atomic E-state index is 0.0656. The smallest absolute Gasteiger partial charge is 0.408 e. The second kappa shape index (κ2) is 14.3. The average molecular weight is 537 g/mol. The number of alkyl carbamates (subject to hydrolysis) is 1. The number of esters is 1. The molecule has 0 saturated heterocycles. The third-order valence-corrected chi connectivity index (χ3v) is 6.41. The van der Waals surface area contributed by atoms with Crippen LogP contribution in [0.4, 0.5) is 4.79 Å². The third-order valence-electron chi connectivity index (χ3n) is 6.41. The van der Waals surface area contributed by atoms with Crippen LogP contribution in [0, 0.1) is 0 Å². The van der Waals surface area contributed by atoms with Gasteiger partial charge in [-0.25, -0.2) is 9.59 Å². The van der Waals surface area contributed by atoms with E-state index in [1.165, 1.54) is 7.11 Å². The number of hydrogen-bond donors (Lipinski definition) is 2. The Morgan fingerprint density at radius 3 is 1.70 bits per heavy atom. The average Bonchev–Trinajstić information content (AvgIpc) is 3.00. The molecule has 0 radical (unpaired) electrons. The Balaban J connectivity index is 1.45. The van der Waals surface area contributed by atoms with Crippen LogP contribution in [0.3, 0.4) is 0 Å². The molecule has 0 aliphatic carbocycles. The van der Waals surface area contributed by atoms with Gasteiger partial charge in [0.2, 0.25) is 5.91 Å². The van der Waals surface area contributed by atoms with Gasteiger partial charge in [-0.2, -0.15) is 0 Å². The standard InChI is InChI=1S/C33H32N2O5/c1-39-32(37)30(22-25-17-19-28(20-18-25)27-15-9-4-10-16-27)34-31(36)29(21-24-11-5-2-6-12-24)35-33(38)40-23-26-13-7-3-8-14-26/h2-20,29-30H,21-23H2,1H3,(H,34,36)(H,35,38)/t29-,30+/m1/s1. The van der Waals surface area contributed by atoms with Gasteiger partial charge in [-0.05, 0) is 27.8 Å². The van der Waals surface area contributed by atoms with Crippen LogP contribution in [0.25, 0.3) is 11.1 Å². The fourth-order valence-corrected chi connectivity index (χ4v) is 4.27. The molecule has 2 N–H and O–H groups in total. The van der Waals surface area contributed by atoms with Crippen molar-refractivity contribution in [2.24, 2.45) is 0 Å². The highest BCUT2D eigenvalue weighted by Crippen LogP contribution is 2.20. The Morgan fingerprint density at radius 1 is 0.600 bits per heavy atom. The second-order valence-corrected chi connectivity index (χ2v) is 9.30. The van der Waals surface area contributed by atoms with E-state index in [0.29, 0.717) is 0 Å². The fourth-order valence-electron chi connectivity index (χ4n) is 4.27. The molecule has 0 spiro atoms. The molecule has 0 aromatic heterocycles. The van der Waals surface area contributed by atoms with Crippen molar-refractivity contribution in [3.05, 3.63) is 132 Å². The number of hydrogen-bond acceptors (Lipinski definition) is 5. The number of amides is 2. The number of benzene rings is 4. The number of rotatable bonds is 11. The van der Waals surface area contributed by atoms with Crippen LogP contribution in [0.2, 0.25) is 0 Å².